The minimum atomic E-state index is 0.163. The molecular formula is C16H14Cl2N2O. The van der Waals surface area contributed by atoms with Gasteiger partial charge in [0.2, 0.25) is 0 Å². The molecule has 0 aliphatic carbocycles. The number of phenolic OH excluding ortho intramolecular Hbond substituents is 1. The zero-order valence-electron chi connectivity index (χ0n) is 11.5. The summed E-state index contributed by atoms with van der Waals surface area (Å²) in [5, 5.41) is 10.9. The lowest BCUT2D eigenvalue weighted by Gasteiger charge is -2.10. The van der Waals surface area contributed by atoms with E-state index in [0.717, 1.165) is 29.8 Å². The van der Waals surface area contributed by atoms with Gasteiger partial charge in [-0.05, 0) is 36.8 Å². The van der Waals surface area contributed by atoms with E-state index >= 15 is 0 Å². The number of rotatable bonds is 3. The van der Waals surface area contributed by atoms with Gasteiger partial charge in [0, 0.05) is 12.1 Å². The number of benzene rings is 2. The first-order valence-electron chi connectivity index (χ1n) is 6.75. The van der Waals surface area contributed by atoms with Crippen LogP contribution in [0, 0.1) is 0 Å². The molecule has 0 spiro atoms. The van der Waals surface area contributed by atoms with E-state index in [9.17, 15) is 5.11 Å². The molecule has 0 atom stereocenters. The lowest BCUT2D eigenvalue weighted by atomic mass is 10.2. The van der Waals surface area contributed by atoms with E-state index in [0.29, 0.717) is 15.6 Å². The lowest BCUT2D eigenvalue weighted by Crippen LogP contribution is -2.00. The van der Waals surface area contributed by atoms with Crippen molar-refractivity contribution in [1.29, 1.82) is 0 Å². The highest BCUT2D eigenvalue weighted by Gasteiger charge is 2.17. The Bertz CT molecular complexity index is 811. The van der Waals surface area contributed by atoms with Crippen molar-refractivity contribution in [2.45, 2.75) is 19.9 Å². The van der Waals surface area contributed by atoms with Gasteiger partial charge >= 0.3 is 0 Å². The molecule has 0 fully saturated rings. The van der Waals surface area contributed by atoms with Gasteiger partial charge in [0.05, 0.1) is 21.1 Å². The molecule has 1 heterocycles. The molecule has 0 aliphatic heterocycles. The number of aryl methyl sites for hydroxylation is 1. The second-order valence-electron chi connectivity index (χ2n) is 4.86. The molecular weight excluding hydrogens is 307 g/mol. The van der Waals surface area contributed by atoms with Crippen molar-refractivity contribution in [1.82, 2.24) is 9.55 Å². The van der Waals surface area contributed by atoms with Crippen molar-refractivity contribution < 1.29 is 5.11 Å². The summed E-state index contributed by atoms with van der Waals surface area (Å²) in [6, 6.07) is 10.5. The predicted octanol–water partition coefficient (Wildman–Crippen LogP) is 5.13. The number of aromatic hydroxyl groups is 1. The first-order chi connectivity index (χ1) is 10.1. The predicted molar refractivity (Wildman–Crippen MR) is 87.1 cm³/mol. The van der Waals surface area contributed by atoms with Crippen LogP contribution in [-0.2, 0) is 6.54 Å². The Morgan fingerprint density at radius 1 is 1.14 bits per heavy atom. The topological polar surface area (TPSA) is 38.0 Å². The molecule has 3 aromatic rings. The summed E-state index contributed by atoms with van der Waals surface area (Å²) in [4.78, 5) is 4.65. The highest BCUT2D eigenvalue weighted by molar-refractivity contribution is 6.35. The fourth-order valence-electron chi connectivity index (χ4n) is 2.47. The van der Waals surface area contributed by atoms with Crippen molar-refractivity contribution in [2.24, 2.45) is 0 Å². The van der Waals surface area contributed by atoms with Crippen molar-refractivity contribution in [3.63, 3.8) is 0 Å². The van der Waals surface area contributed by atoms with Crippen molar-refractivity contribution in [3.8, 4) is 17.1 Å². The van der Waals surface area contributed by atoms with Crippen molar-refractivity contribution in [2.75, 3.05) is 0 Å². The molecule has 0 saturated carbocycles. The lowest BCUT2D eigenvalue weighted by molar-refractivity contribution is 0.475. The third kappa shape index (κ3) is 2.47. The van der Waals surface area contributed by atoms with Crippen LogP contribution >= 0.6 is 23.2 Å². The Labute approximate surface area is 132 Å². The van der Waals surface area contributed by atoms with E-state index in [2.05, 4.69) is 16.5 Å². The summed E-state index contributed by atoms with van der Waals surface area (Å²) in [5.41, 5.74) is 2.43. The summed E-state index contributed by atoms with van der Waals surface area (Å²) < 4.78 is 2.05. The van der Waals surface area contributed by atoms with Gasteiger partial charge in [-0.3, -0.25) is 0 Å². The van der Waals surface area contributed by atoms with Gasteiger partial charge in [0.1, 0.15) is 11.6 Å². The summed E-state index contributed by atoms with van der Waals surface area (Å²) >= 11 is 12.6. The Kier molecular flexibility index (Phi) is 3.79. The van der Waals surface area contributed by atoms with Crippen LogP contribution in [0.1, 0.15) is 13.3 Å². The molecule has 108 valence electrons. The van der Waals surface area contributed by atoms with Crippen LogP contribution < -0.4 is 0 Å². The molecule has 0 aliphatic rings. The molecule has 1 N–H and O–H groups in total. The summed E-state index contributed by atoms with van der Waals surface area (Å²) in [6.45, 7) is 2.87. The summed E-state index contributed by atoms with van der Waals surface area (Å²) in [6.07, 6.45) is 0.945. The third-order valence-electron chi connectivity index (χ3n) is 3.36. The standard InChI is InChI=1S/C16H14Cl2N2O/c1-2-8-20-15-13(18)4-3-5-14(15)19-16(20)11-9-10(21)6-7-12(11)17/h3-7,9,21H,2,8H2,1H3. The minimum absolute atomic E-state index is 0.163. The van der Waals surface area contributed by atoms with E-state index in [1.54, 1.807) is 18.2 Å². The number of halogens is 2. The van der Waals surface area contributed by atoms with Crippen LogP contribution in [0.25, 0.3) is 22.4 Å². The Balaban J connectivity index is 2.34. The van der Waals surface area contributed by atoms with Gasteiger partial charge in [0.25, 0.3) is 0 Å². The van der Waals surface area contributed by atoms with E-state index in [4.69, 9.17) is 23.2 Å². The van der Waals surface area contributed by atoms with Crippen molar-refractivity contribution >= 4 is 34.2 Å². The largest absolute Gasteiger partial charge is 0.508 e. The number of phenols is 1. The molecule has 0 saturated heterocycles. The van der Waals surface area contributed by atoms with Crippen LogP contribution in [0.3, 0.4) is 0 Å². The Hall–Kier alpha value is -1.71. The Morgan fingerprint density at radius 2 is 1.95 bits per heavy atom. The molecule has 2 aromatic carbocycles. The molecule has 0 radical (unpaired) electrons. The van der Waals surface area contributed by atoms with Gasteiger partial charge < -0.3 is 9.67 Å². The SMILES string of the molecule is CCCn1c(-c2cc(O)ccc2Cl)nc2cccc(Cl)c21. The fraction of sp³-hybridized carbons (Fsp3) is 0.188. The fourth-order valence-corrected chi connectivity index (χ4v) is 2.95. The zero-order valence-corrected chi connectivity index (χ0v) is 13.0. The van der Waals surface area contributed by atoms with Gasteiger partial charge in [-0.25, -0.2) is 4.98 Å². The number of hydrogen-bond acceptors (Lipinski definition) is 2. The summed E-state index contributed by atoms with van der Waals surface area (Å²) in [5.74, 6) is 0.886. The zero-order chi connectivity index (χ0) is 15.0. The third-order valence-corrected chi connectivity index (χ3v) is 3.99. The van der Waals surface area contributed by atoms with Crippen LogP contribution in [-0.4, -0.2) is 14.7 Å². The molecule has 3 nitrogen and oxygen atoms in total. The quantitative estimate of drug-likeness (QED) is 0.726. The van der Waals surface area contributed by atoms with Gasteiger partial charge in [-0.2, -0.15) is 0 Å². The van der Waals surface area contributed by atoms with Crippen LogP contribution in [0.4, 0.5) is 0 Å². The average molecular weight is 321 g/mol. The maximum Gasteiger partial charge on any atom is 0.142 e. The Morgan fingerprint density at radius 3 is 2.71 bits per heavy atom. The van der Waals surface area contributed by atoms with E-state index in [1.165, 1.54) is 0 Å². The van der Waals surface area contributed by atoms with Gasteiger partial charge in [-0.1, -0.05) is 36.2 Å². The molecule has 0 amide bonds. The first-order valence-corrected chi connectivity index (χ1v) is 7.51. The molecule has 0 bridgehead atoms. The smallest absolute Gasteiger partial charge is 0.142 e. The number of imidazole rings is 1. The van der Waals surface area contributed by atoms with E-state index < -0.39 is 0 Å². The molecule has 0 unspecified atom stereocenters. The van der Waals surface area contributed by atoms with E-state index in [1.807, 2.05) is 18.2 Å². The van der Waals surface area contributed by atoms with Crippen molar-refractivity contribution in [3.05, 3.63) is 46.4 Å². The number of fused-ring (bicyclic) bond motifs is 1. The highest BCUT2D eigenvalue weighted by atomic mass is 35.5. The maximum atomic E-state index is 9.73. The minimum Gasteiger partial charge on any atom is -0.508 e. The molecule has 1 aromatic heterocycles. The van der Waals surface area contributed by atoms with E-state index in [-0.39, 0.29) is 5.75 Å². The van der Waals surface area contributed by atoms with Crippen LogP contribution in [0.5, 0.6) is 5.75 Å². The molecule has 21 heavy (non-hydrogen) atoms. The van der Waals surface area contributed by atoms with Gasteiger partial charge in [0.15, 0.2) is 0 Å². The number of nitrogens with zero attached hydrogens (tertiary/aromatic N) is 2. The second kappa shape index (κ2) is 5.58. The number of hydrogen-bond donors (Lipinski definition) is 1. The second-order valence-corrected chi connectivity index (χ2v) is 5.67. The highest BCUT2D eigenvalue weighted by Crippen LogP contribution is 2.34. The first kappa shape index (κ1) is 14.2. The normalized spacial score (nSPS) is 11.2. The molecule has 3 rings (SSSR count). The number of aromatic nitrogens is 2. The van der Waals surface area contributed by atoms with Gasteiger partial charge in [-0.15, -0.1) is 0 Å². The van der Waals surface area contributed by atoms with Crippen LogP contribution in [0.2, 0.25) is 10.0 Å². The number of para-hydroxylation sites is 1. The van der Waals surface area contributed by atoms with Crippen LogP contribution in [0.15, 0.2) is 36.4 Å². The summed E-state index contributed by atoms with van der Waals surface area (Å²) in [7, 11) is 0. The average Bonchev–Trinajstić information content (AvgIpc) is 2.82. The monoisotopic (exact) mass is 320 g/mol. The molecule has 5 heteroatoms. The maximum absolute atomic E-state index is 9.73.